The number of halogens is 6. The third kappa shape index (κ3) is 23.5. The molecular formula is C99H106F6LiN15O19. The monoisotopic (exact) mass is 1930 g/mol. The van der Waals surface area contributed by atoms with Crippen LogP contribution in [0.25, 0.3) is 11.3 Å². The van der Waals surface area contributed by atoms with Gasteiger partial charge in [-0.05, 0) is 202 Å². The van der Waals surface area contributed by atoms with Gasteiger partial charge in [0.05, 0.1) is 72.1 Å². The van der Waals surface area contributed by atoms with Crippen LogP contribution in [0.15, 0.2) is 165 Å². The minimum absolute atomic E-state index is 0. The number of aromatic nitrogens is 7. The first-order chi connectivity index (χ1) is 66.7. The molecule has 734 valence electrons. The molecule has 41 heteroatoms. The summed E-state index contributed by atoms with van der Waals surface area (Å²) < 4.78 is 148. The third-order valence-corrected chi connectivity index (χ3v) is 24.9. The summed E-state index contributed by atoms with van der Waals surface area (Å²) in [6.45, 7) is 10.8. The van der Waals surface area contributed by atoms with E-state index in [2.05, 4.69) is 49.8 Å². The Hall–Kier alpha value is -14.2. The number of esters is 1. The number of benzene rings is 5. The van der Waals surface area contributed by atoms with Crippen LogP contribution in [0.1, 0.15) is 190 Å². The smallest absolute Gasteiger partial charge is 0.870 e. The summed E-state index contributed by atoms with van der Waals surface area (Å²) in [6, 6.07) is 31.0. The topological polar surface area (TPSA) is 396 Å². The Labute approximate surface area is 813 Å². The number of imidazole rings is 2. The second-order valence-corrected chi connectivity index (χ2v) is 33.6. The molecule has 7 aromatic heterocycles. The average Bonchev–Trinajstić information content (AvgIpc) is 1.72. The van der Waals surface area contributed by atoms with Crippen molar-refractivity contribution in [3.63, 3.8) is 0 Å². The van der Waals surface area contributed by atoms with Gasteiger partial charge in [-0.3, -0.25) is 8.80 Å². The van der Waals surface area contributed by atoms with Crippen LogP contribution in [0.3, 0.4) is 0 Å². The SMILES string of the molecule is C.CCOC(=O)c1cnc2ccc(N3CCCCC3c3cc(F)cc4c3OCCO4)cn12.Fc1cc2c(c(C3CCCCN3)c1)OCCO2.Nc1ccc(N2CCCCC2c2cc(F)cc3c2OCCO3)cn1.O=C(O)c1cnc2ccc(N3CCCCC3c3cc(F)cc4c3OCCO4)cn12.O=[N+]([O-])c1ccc(F)cn1.O=[N+]([O-])c1ccc(N2CCCCC2c2cc(F)cc3c2OCCO3)cn1.[Li+].[OH-]. The van der Waals surface area contributed by atoms with E-state index in [0.717, 1.165) is 191 Å². The first-order valence-corrected chi connectivity index (χ1v) is 45.8. The van der Waals surface area contributed by atoms with Crippen molar-refractivity contribution in [2.45, 2.75) is 141 Å². The zero-order chi connectivity index (χ0) is 95.2. The van der Waals surface area contributed by atoms with Gasteiger partial charge in [0, 0.05) is 115 Å². The maximum absolute atomic E-state index is 14.4. The Balaban J connectivity index is 0.000000136. The van der Waals surface area contributed by atoms with E-state index in [1.807, 2.05) is 30.5 Å². The van der Waals surface area contributed by atoms with Gasteiger partial charge in [-0.2, -0.15) is 0 Å². The molecule has 5 atom stereocenters. The number of nitro groups is 2. The zero-order valence-corrected chi connectivity index (χ0v) is 76.4. The fraction of sp³-hybridized carbons (Fsp3) is 0.384. The number of carboxylic acids is 1. The van der Waals surface area contributed by atoms with Gasteiger partial charge in [-0.1, -0.05) is 13.8 Å². The molecule has 5 fully saturated rings. The van der Waals surface area contributed by atoms with E-state index < -0.39 is 27.6 Å². The van der Waals surface area contributed by atoms with Crippen molar-refractivity contribution in [3.8, 4) is 57.5 Å². The van der Waals surface area contributed by atoms with Crippen LogP contribution in [0.5, 0.6) is 57.5 Å². The minimum atomic E-state index is -1.03. The molecule has 10 aliphatic rings. The van der Waals surface area contributed by atoms with Crippen LogP contribution in [0.4, 0.5) is 66.5 Å². The van der Waals surface area contributed by atoms with Gasteiger partial charge in [-0.25, -0.2) is 50.9 Å². The summed E-state index contributed by atoms with van der Waals surface area (Å²) in [7, 11) is 0. The molecule has 0 aliphatic carbocycles. The molecule has 5 aromatic carbocycles. The number of nitrogens with zero attached hydrogens (tertiary/aromatic N) is 13. The van der Waals surface area contributed by atoms with Crippen molar-refractivity contribution in [3.05, 3.63) is 259 Å². The normalized spacial score (nSPS) is 18.5. The number of piperidine rings is 5. The summed E-state index contributed by atoms with van der Waals surface area (Å²) in [5, 5.41) is 33.6. The quantitative estimate of drug-likeness (QED) is 0.0299. The summed E-state index contributed by atoms with van der Waals surface area (Å²) in [4.78, 5) is 71.9. The fourth-order valence-corrected chi connectivity index (χ4v) is 18.8. The molecule has 34 nitrogen and oxygen atoms in total. The van der Waals surface area contributed by atoms with E-state index in [-0.39, 0.29) is 108 Å². The zero-order valence-electron chi connectivity index (χ0n) is 76.4. The fourth-order valence-electron chi connectivity index (χ4n) is 18.8. The number of nitrogens with one attached hydrogen (secondary N) is 1. The van der Waals surface area contributed by atoms with Gasteiger partial charge in [0.15, 0.2) is 87.1 Å². The summed E-state index contributed by atoms with van der Waals surface area (Å²) >= 11 is 0. The molecule has 0 spiro atoms. The number of carbonyl (C=O) groups excluding carboxylic acids is 1. The van der Waals surface area contributed by atoms with Crippen LogP contribution in [-0.4, -0.2) is 171 Å². The van der Waals surface area contributed by atoms with Gasteiger partial charge in [0.1, 0.15) is 112 Å². The van der Waals surface area contributed by atoms with Crippen molar-refractivity contribution in [2.75, 3.05) is 131 Å². The molecule has 0 saturated carbocycles. The number of nitrogen functional groups attached to an aromatic ring is 1. The van der Waals surface area contributed by atoms with E-state index in [0.29, 0.717) is 147 Å². The Bertz CT molecular complexity index is 6330. The average molecular weight is 1930 g/mol. The molecule has 5 N–H and O–H groups in total. The number of rotatable bonds is 14. The summed E-state index contributed by atoms with van der Waals surface area (Å²) in [6.07, 6.45) is 25.8. The van der Waals surface area contributed by atoms with Gasteiger partial charge < -0.3 is 114 Å². The second kappa shape index (κ2) is 46.9. The van der Waals surface area contributed by atoms with Gasteiger partial charge >= 0.3 is 42.4 Å². The van der Waals surface area contributed by atoms with Crippen LogP contribution >= 0.6 is 0 Å². The Morgan fingerprint density at radius 1 is 0.414 bits per heavy atom. The van der Waals surface area contributed by atoms with Crippen LogP contribution < -0.4 is 96.9 Å². The van der Waals surface area contributed by atoms with Crippen molar-refractivity contribution in [2.24, 2.45) is 0 Å². The molecule has 22 rings (SSSR count). The number of carboxylic acid groups (broad SMARTS) is 1. The summed E-state index contributed by atoms with van der Waals surface area (Å²) in [5.74, 6) is 1.90. The number of nitrogens with two attached hydrogens (primary N) is 1. The molecule has 0 bridgehead atoms. The van der Waals surface area contributed by atoms with Crippen LogP contribution in [-0.2, 0) is 4.74 Å². The molecule has 12 aromatic rings. The van der Waals surface area contributed by atoms with Crippen molar-refractivity contribution >= 4 is 63.4 Å². The number of hydrogen-bond donors (Lipinski definition) is 3. The number of fused-ring (bicyclic) bond motifs is 7. The van der Waals surface area contributed by atoms with Crippen LogP contribution in [0.2, 0.25) is 0 Å². The van der Waals surface area contributed by atoms with E-state index >= 15 is 0 Å². The number of carbonyl (C=O) groups is 2. The first kappa shape index (κ1) is 102. The van der Waals surface area contributed by atoms with Crippen LogP contribution in [0, 0.1) is 55.1 Å². The Morgan fingerprint density at radius 2 is 0.750 bits per heavy atom. The molecule has 10 aliphatic heterocycles. The van der Waals surface area contributed by atoms with E-state index in [9.17, 15) is 61.3 Å². The van der Waals surface area contributed by atoms with Crippen molar-refractivity contribution < 1.29 is 127 Å². The van der Waals surface area contributed by atoms with Crippen molar-refractivity contribution in [1.29, 1.82) is 0 Å². The maximum Gasteiger partial charge on any atom is 1.00 e. The largest absolute Gasteiger partial charge is 1.00 e. The second-order valence-electron chi connectivity index (χ2n) is 33.6. The van der Waals surface area contributed by atoms with E-state index in [1.54, 1.807) is 64.5 Å². The Morgan fingerprint density at radius 3 is 1.09 bits per heavy atom. The molecular weight excluding hydrogens is 1820 g/mol. The molecule has 5 unspecified atom stereocenters. The number of aromatic carboxylic acids is 1. The molecule has 5 saturated heterocycles. The predicted molar refractivity (Wildman–Crippen MR) is 500 cm³/mol. The van der Waals surface area contributed by atoms with Gasteiger partial charge in [-0.15, -0.1) is 0 Å². The molecule has 17 heterocycles. The minimum Gasteiger partial charge on any atom is -0.870 e. The number of ether oxygens (including phenoxy) is 11. The van der Waals surface area contributed by atoms with Gasteiger partial charge in [0.2, 0.25) is 0 Å². The third-order valence-electron chi connectivity index (χ3n) is 24.9. The summed E-state index contributed by atoms with van der Waals surface area (Å²) in [5.41, 5.74) is 15.0. The number of anilines is 5. The molecule has 0 amide bonds. The van der Waals surface area contributed by atoms with E-state index in [1.165, 1.54) is 80.0 Å². The number of pyridine rings is 5. The standard InChI is InChI=1S/C23H24FN3O4.C21H20FN3O4.C18H18FN3O4.C18H20FN3O2.C13H16FNO2.C5H3FN2O2.CH4.Li.H2O/c1-2-29-23(28)19-13-25-21-7-6-16(14-27(19)21)26-8-4-3-5-18(26)17-11-15(24)12-20-22(17)31-10-9-30-20;22-13-9-15(20-18(10-13)28-7-8-29-20)16-3-1-2-6-24(16)14-4-5-19-23-11-17(21(26)27)25(19)12-14;19-12-9-14(18-16(10-12)25-7-8-26-18)15-3-1-2-6-21(15)13-4-5-17(20-11-13)22(23)24;19-12-9-14(18-16(10-12)23-7-8-24-18)15-3-1-2-6-22(15)13-4-5-17(20)21-11-13;14-9-7-10(11-3-1-2-4-15-11)13-12(8-9)16-5-6-17-13;6-4-1-2-5(7-3-4)8(9)10;;;/h6-7,11-14,18H,2-5,8-10H2,1H3;4-5,9-12,16H,1-3,6-8H2,(H,26,27);4-5,9-11,15H,1-3,6-8H2;4-5,9-11,15H,1-3,6-8H2,(H2,20,21);7-8,11,15H,1-6H2;1-3H;1H4;;1H2/q;;;;;;;+1;/p-1. The molecule has 140 heavy (non-hydrogen) atoms. The Kier molecular flexibility index (Phi) is 34.1. The maximum atomic E-state index is 14.4. The first-order valence-electron chi connectivity index (χ1n) is 45.8. The van der Waals surface area contributed by atoms with E-state index in [4.69, 9.17) is 57.8 Å². The predicted octanol–water partition coefficient (Wildman–Crippen LogP) is 15.8. The molecule has 0 radical (unpaired) electrons. The number of hydrogen-bond acceptors (Lipinski definition) is 29. The van der Waals surface area contributed by atoms with Crippen molar-refractivity contribution in [1.82, 2.24) is 39.0 Å². The van der Waals surface area contributed by atoms with Gasteiger partial charge in [0.25, 0.3) is 0 Å².